The van der Waals surface area contributed by atoms with Crippen LogP contribution in [0.5, 0.6) is 0 Å². The van der Waals surface area contributed by atoms with Crippen LogP contribution in [0.2, 0.25) is 0 Å². The van der Waals surface area contributed by atoms with Gasteiger partial charge in [-0.15, -0.1) is 0 Å². The highest BCUT2D eigenvalue weighted by Crippen LogP contribution is 2.28. The minimum absolute atomic E-state index is 0.0351. The van der Waals surface area contributed by atoms with Gasteiger partial charge >= 0.3 is 0 Å². The van der Waals surface area contributed by atoms with Gasteiger partial charge in [-0.05, 0) is 44.4 Å². The average Bonchev–Trinajstić information content (AvgIpc) is 2.38. The van der Waals surface area contributed by atoms with E-state index in [9.17, 15) is 13.2 Å². The van der Waals surface area contributed by atoms with Crippen LogP contribution in [0, 0.1) is 6.92 Å². The Labute approximate surface area is 126 Å². The first-order valence-corrected chi connectivity index (χ1v) is 8.72. The molecule has 1 aromatic rings. The molecule has 0 aromatic heterocycles. The van der Waals surface area contributed by atoms with E-state index in [4.69, 9.17) is 5.14 Å². The molecule has 1 aromatic carbocycles. The van der Waals surface area contributed by atoms with Gasteiger partial charge in [0.05, 0.1) is 4.90 Å². The number of sulfonamides is 1. The molecule has 3 N–H and O–H groups in total. The Morgan fingerprint density at radius 3 is 2.43 bits per heavy atom. The zero-order chi connectivity index (χ0) is 15.7. The second-order valence-corrected chi connectivity index (χ2v) is 7.66. The normalized spacial score (nSPS) is 18.2. The first kappa shape index (κ1) is 16.0. The van der Waals surface area contributed by atoms with Crippen molar-refractivity contribution in [3.63, 3.8) is 0 Å². The van der Waals surface area contributed by atoms with Crippen molar-refractivity contribution >= 4 is 15.9 Å². The lowest BCUT2D eigenvalue weighted by Gasteiger charge is -2.34. The Bertz CT molecular complexity index is 647. The fourth-order valence-electron chi connectivity index (χ4n) is 2.82. The number of carbonyl (C=O) groups is 1. The highest BCUT2D eigenvalue weighted by Gasteiger charge is 2.29. The van der Waals surface area contributed by atoms with Crippen LogP contribution in [0.4, 0.5) is 0 Å². The lowest BCUT2D eigenvalue weighted by molar-refractivity contribution is 0.0882. The van der Waals surface area contributed by atoms with Gasteiger partial charge in [-0.2, -0.15) is 0 Å². The molecule has 0 spiro atoms. The minimum Gasteiger partial charge on any atom is -0.347 e. The molecule has 0 saturated heterocycles. The molecule has 116 valence electrons. The number of hydrogen-bond acceptors (Lipinski definition) is 3. The van der Waals surface area contributed by atoms with E-state index in [1.165, 1.54) is 18.6 Å². The Kier molecular flexibility index (Phi) is 4.39. The number of hydrogen-bond donors (Lipinski definition) is 2. The summed E-state index contributed by atoms with van der Waals surface area (Å²) in [6, 6.07) is 4.38. The number of amides is 1. The lowest BCUT2D eigenvalue weighted by atomic mass is 9.83. The van der Waals surface area contributed by atoms with Crippen LogP contribution >= 0.6 is 0 Å². The molecule has 0 bridgehead atoms. The van der Waals surface area contributed by atoms with Crippen molar-refractivity contribution in [2.24, 2.45) is 5.14 Å². The summed E-state index contributed by atoms with van der Waals surface area (Å²) in [5.41, 5.74) is 0.895. The van der Waals surface area contributed by atoms with Crippen molar-refractivity contribution in [2.45, 2.75) is 56.4 Å². The molecule has 1 amide bonds. The molecular weight excluding hydrogens is 288 g/mol. The number of benzene rings is 1. The topological polar surface area (TPSA) is 89.3 Å². The highest BCUT2D eigenvalue weighted by molar-refractivity contribution is 7.89. The summed E-state index contributed by atoms with van der Waals surface area (Å²) in [5.74, 6) is -0.234. The van der Waals surface area contributed by atoms with Gasteiger partial charge < -0.3 is 5.32 Å². The molecule has 6 heteroatoms. The number of aryl methyl sites for hydroxylation is 1. The maximum Gasteiger partial charge on any atom is 0.252 e. The summed E-state index contributed by atoms with van der Waals surface area (Å²) >= 11 is 0. The zero-order valence-corrected chi connectivity index (χ0v) is 13.3. The molecule has 2 rings (SSSR count). The molecule has 1 saturated carbocycles. The third kappa shape index (κ3) is 3.83. The largest absolute Gasteiger partial charge is 0.347 e. The fourth-order valence-corrected chi connectivity index (χ4v) is 3.36. The first-order valence-electron chi connectivity index (χ1n) is 7.17. The van der Waals surface area contributed by atoms with E-state index in [-0.39, 0.29) is 16.3 Å². The fraction of sp³-hybridized carbons (Fsp3) is 0.533. The summed E-state index contributed by atoms with van der Waals surface area (Å²) in [6.45, 7) is 3.83. The average molecular weight is 310 g/mol. The molecule has 5 nitrogen and oxygen atoms in total. The van der Waals surface area contributed by atoms with E-state index >= 15 is 0 Å². The van der Waals surface area contributed by atoms with Gasteiger partial charge in [-0.25, -0.2) is 13.6 Å². The zero-order valence-electron chi connectivity index (χ0n) is 12.5. The van der Waals surface area contributed by atoms with Crippen molar-refractivity contribution in [2.75, 3.05) is 0 Å². The van der Waals surface area contributed by atoms with E-state index < -0.39 is 10.0 Å². The Hall–Kier alpha value is -1.40. The van der Waals surface area contributed by atoms with Crippen molar-refractivity contribution < 1.29 is 13.2 Å². The predicted molar refractivity (Wildman–Crippen MR) is 81.5 cm³/mol. The van der Waals surface area contributed by atoms with Crippen molar-refractivity contribution in [1.29, 1.82) is 0 Å². The van der Waals surface area contributed by atoms with Crippen LogP contribution < -0.4 is 10.5 Å². The van der Waals surface area contributed by atoms with Crippen LogP contribution in [0.3, 0.4) is 0 Å². The van der Waals surface area contributed by atoms with Gasteiger partial charge in [-0.3, -0.25) is 4.79 Å². The van der Waals surface area contributed by atoms with Gasteiger partial charge in [0.1, 0.15) is 0 Å². The predicted octanol–water partition coefficient (Wildman–Crippen LogP) is 2.10. The number of nitrogens with one attached hydrogen (secondary N) is 1. The van der Waals surface area contributed by atoms with Crippen LogP contribution in [-0.2, 0) is 10.0 Å². The van der Waals surface area contributed by atoms with Gasteiger partial charge in [0.25, 0.3) is 5.91 Å². The lowest BCUT2D eigenvalue weighted by Crippen LogP contribution is -2.47. The maximum atomic E-state index is 12.5. The highest BCUT2D eigenvalue weighted by atomic mass is 32.2. The first-order chi connectivity index (χ1) is 9.71. The van der Waals surface area contributed by atoms with Crippen LogP contribution in [0.25, 0.3) is 0 Å². The van der Waals surface area contributed by atoms with Crippen LogP contribution in [-0.4, -0.2) is 19.9 Å². The van der Waals surface area contributed by atoms with E-state index in [1.807, 2.05) is 6.92 Å². The molecule has 0 radical (unpaired) electrons. The van der Waals surface area contributed by atoms with Crippen molar-refractivity contribution in [3.05, 3.63) is 29.3 Å². The second kappa shape index (κ2) is 5.77. The monoisotopic (exact) mass is 310 g/mol. The van der Waals surface area contributed by atoms with E-state index in [1.54, 1.807) is 13.0 Å². The third-order valence-corrected chi connectivity index (χ3v) is 5.07. The molecule has 1 fully saturated rings. The minimum atomic E-state index is -3.80. The molecule has 21 heavy (non-hydrogen) atoms. The summed E-state index contributed by atoms with van der Waals surface area (Å²) in [5, 5.41) is 8.18. The quantitative estimate of drug-likeness (QED) is 0.896. The SMILES string of the molecule is Cc1ccc(S(N)(=O)=O)cc1C(=O)NC1(C)CCCCC1. The van der Waals surface area contributed by atoms with Gasteiger partial charge in [0.15, 0.2) is 0 Å². The van der Waals surface area contributed by atoms with E-state index in [2.05, 4.69) is 5.32 Å². The van der Waals surface area contributed by atoms with E-state index in [0.717, 1.165) is 31.2 Å². The molecule has 0 heterocycles. The number of primary sulfonamides is 1. The van der Waals surface area contributed by atoms with Crippen LogP contribution in [0.15, 0.2) is 23.1 Å². The third-order valence-electron chi connectivity index (χ3n) is 4.15. The summed E-state index contributed by atoms with van der Waals surface area (Å²) in [7, 11) is -3.80. The molecule has 1 aliphatic carbocycles. The number of nitrogens with two attached hydrogens (primary N) is 1. The molecule has 0 aliphatic heterocycles. The Morgan fingerprint density at radius 1 is 1.24 bits per heavy atom. The Balaban J connectivity index is 2.26. The van der Waals surface area contributed by atoms with E-state index in [0.29, 0.717) is 5.56 Å². The molecule has 0 atom stereocenters. The maximum absolute atomic E-state index is 12.5. The standard InChI is InChI=1S/C15H22N2O3S/c1-11-6-7-12(21(16,19)20)10-13(11)14(18)17-15(2)8-4-3-5-9-15/h6-7,10H,3-5,8-9H2,1-2H3,(H,17,18)(H2,16,19,20). The number of rotatable bonds is 3. The molecule has 1 aliphatic rings. The smallest absolute Gasteiger partial charge is 0.252 e. The van der Waals surface area contributed by atoms with Crippen molar-refractivity contribution in [3.8, 4) is 0 Å². The van der Waals surface area contributed by atoms with Gasteiger partial charge in [-0.1, -0.05) is 25.3 Å². The summed E-state index contributed by atoms with van der Waals surface area (Å²) in [4.78, 5) is 12.4. The van der Waals surface area contributed by atoms with Gasteiger partial charge in [0.2, 0.25) is 10.0 Å². The van der Waals surface area contributed by atoms with Crippen LogP contribution in [0.1, 0.15) is 54.9 Å². The summed E-state index contributed by atoms with van der Waals surface area (Å²) < 4.78 is 22.8. The molecular formula is C15H22N2O3S. The second-order valence-electron chi connectivity index (χ2n) is 6.10. The summed E-state index contributed by atoms with van der Waals surface area (Å²) in [6.07, 6.45) is 5.31. The van der Waals surface area contributed by atoms with Crippen molar-refractivity contribution in [1.82, 2.24) is 5.32 Å². The van der Waals surface area contributed by atoms with Gasteiger partial charge in [0, 0.05) is 11.1 Å². The molecule has 0 unspecified atom stereocenters. The Morgan fingerprint density at radius 2 is 1.86 bits per heavy atom. The number of carbonyl (C=O) groups excluding carboxylic acids is 1.